The molecule has 2 bridgehead atoms. The molecule has 3 aliphatic rings. The number of carbonyl (C=O) groups is 1. The van der Waals surface area contributed by atoms with Crippen LogP contribution in [-0.2, 0) is 4.79 Å². The Hall–Kier alpha value is -1.43. The van der Waals surface area contributed by atoms with Gasteiger partial charge in [0.15, 0.2) is 5.82 Å². The van der Waals surface area contributed by atoms with Crippen LogP contribution in [0.1, 0.15) is 82.0 Å². The van der Waals surface area contributed by atoms with E-state index in [-0.39, 0.29) is 23.9 Å². The van der Waals surface area contributed by atoms with Gasteiger partial charge in [0.25, 0.3) is 0 Å². The molecule has 1 aromatic heterocycles. The fourth-order valence-corrected chi connectivity index (χ4v) is 5.05. The summed E-state index contributed by atoms with van der Waals surface area (Å²) in [5, 5.41) is 7.21. The van der Waals surface area contributed by atoms with Gasteiger partial charge in [-0.15, -0.1) is 0 Å². The molecular formula is C18H28N4O2. The molecule has 6 heteroatoms. The summed E-state index contributed by atoms with van der Waals surface area (Å²) >= 11 is 0. The highest BCUT2D eigenvalue weighted by atomic mass is 16.5. The van der Waals surface area contributed by atoms with Crippen LogP contribution in [0.2, 0.25) is 0 Å². The molecule has 24 heavy (non-hydrogen) atoms. The molecule has 3 aliphatic carbocycles. The van der Waals surface area contributed by atoms with Crippen LogP contribution in [0.25, 0.3) is 0 Å². The maximum absolute atomic E-state index is 12.7. The van der Waals surface area contributed by atoms with Gasteiger partial charge in [-0.05, 0) is 50.9 Å². The van der Waals surface area contributed by atoms with E-state index in [2.05, 4.69) is 15.5 Å². The molecule has 1 heterocycles. The van der Waals surface area contributed by atoms with Crippen LogP contribution in [0.15, 0.2) is 4.52 Å². The largest absolute Gasteiger partial charge is 0.344 e. The molecule has 0 saturated heterocycles. The average molecular weight is 332 g/mol. The monoisotopic (exact) mass is 332 g/mol. The molecule has 1 amide bonds. The molecule has 1 aromatic rings. The number of hydrogen-bond donors (Lipinski definition) is 2. The molecule has 132 valence electrons. The number of nitrogens with two attached hydrogens (primary N) is 1. The summed E-state index contributed by atoms with van der Waals surface area (Å²) in [6, 6.07) is -0.245. The zero-order valence-electron chi connectivity index (χ0n) is 14.4. The third-order valence-electron chi connectivity index (χ3n) is 6.44. The number of nitrogens with zero attached hydrogens (tertiary/aromatic N) is 2. The lowest BCUT2D eigenvalue weighted by Crippen LogP contribution is -2.45. The number of rotatable bonds is 4. The average Bonchev–Trinajstić information content (AvgIpc) is 3.31. The number of carbonyl (C=O) groups excluding carboxylic acids is 1. The smallest absolute Gasteiger partial charge is 0.248 e. The van der Waals surface area contributed by atoms with Gasteiger partial charge in [-0.2, -0.15) is 4.98 Å². The molecule has 3 fully saturated rings. The lowest BCUT2D eigenvalue weighted by molar-refractivity contribution is -0.127. The first-order valence-electron chi connectivity index (χ1n) is 9.53. The summed E-state index contributed by atoms with van der Waals surface area (Å²) in [5.74, 6) is 2.73. The first kappa shape index (κ1) is 16.1. The van der Waals surface area contributed by atoms with Crippen LogP contribution in [0.3, 0.4) is 0 Å². The topological polar surface area (TPSA) is 94.0 Å². The van der Waals surface area contributed by atoms with Gasteiger partial charge < -0.3 is 15.6 Å². The third-order valence-corrected chi connectivity index (χ3v) is 6.44. The lowest BCUT2D eigenvalue weighted by atomic mass is 9.84. The molecule has 6 nitrogen and oxygen atoms in total. The van der Waals surface area contributed by atoms with E-state index in [9.17, 15) is 4.79 Å². The Morgan fingerprint density at radius 3 is 2.67 bits per heavy atom. The van der Waals surface area contributed by atoms with Crippen LogP contribution >= 0.6 is 0 Å². The Morgan fingerprint density at radius 2 is 1.96 bits per heavy atom. The van der Waals surface area contributed by atoms with Crippen LogP contribution in [0.5, 0.6) is 0 Å². The van der Waals surface area contributed by atoms with E-state index in [0.717, 1.165) is 31.5 Å². The van der Waals surface area contributed by atoms with E-state index in [4.69, 9.17) is 10.3 Å². The van der Waals surface area contributed by atoms with E-state index in [1.165, 1.54) is 25.7 Å². The minimum absolute atomic E-state index is 0.0106. The number of amides is 1. The number of fused-ring (bicyclic) bond motifs is 2. The summed E-state index contributed by atoms with van der Waals surface area (Å²) in [5.41, 5.74) is 6.27. The van der Waals surface area contributed by atoms with E-state index in [0.29, 0.717) is 23.6 Å². The van der Waals surface area contributed by atoms with E-state index < -0.39 is 0 Å². The maximum Gasteiger partial charge on any atom is 0.248 e. The van der Waals surface area contributed by atoms with Gasteiger partial charge in [0.1, 0.15) is 6.04 Å². The predicted molar refractivity (Wildman–Crippen MR) is 89.0 cm³/mol. The first-order valence-corrected chi connectivity index (χ1v) is 9.53. The third kappa shape index (κ3) is 2.85. The summed E-state index contributed by atoms with van der Waals surface area (Å²) in [6.07, 6.45) is 9.49. The van der Waals surface area contributed by atoms with Crippen molar-refractivity contribution < 1.29 is 9.32 Å². The Kier molecular flexibility index (Phi) is 4.33. The highest BCUT2D eigenvalue weighted by molar-refractivity contribution is 5.80. The lowest BCUT2D eigenvalue weighted by Gasteiger charge is -2.27. The zero-order valence-corrected chi connectivity index (χ0v) is 14.4. The summed E-state index contributed by atoms with van der Waals surface area (Å²) in [7, 11) is 0. The molecule has 0 aromatic carbocycles. The normalized spacial score (nSPS) is 34.4. The fraction of sp³-hybridized carbons (Fsp3) is 0.833. The van der Waals surface area contributed by atoms with Gasteiger partial charge >= 0.3 is 0 Å². The summed E-state index contributed by atoms with van der Waals surface area (Å²) in [6.45, 7) is 1.91. The number of hydrogen-bond acceptors (Lipinski definition) is 5. The molecule has 0 spiro atoms. The number of aromatic nitrogens is 2. The highest BCUT2D eigenvalue weighted by Gasteiger charge is 2.49. The molecule has 3 N–H and O–H groups in total. The zero-order chi connectivity index (χ0) is 16.7. The molecule has 5 atom stereocenters. The van der Waals surface area contributed by atoms with Crippen LogP contribution in [0, 0.1) is 17.8 Å². The maximum atomic E-state index is 12.7. The van der Waals surface area contributed by atoms with Crippen LogP contribution < -0.4 is 11.1 Å². The minimum Gasteiger partial charge on any atom is -0.344 e. The molecule has 5 unspecified atom stereocenters. The van der Waals surface area contributed by atoms with Gasteiger partial charge in [-0.3, -0.25) is 4.79 Å². The second kappa shape index (κ2) is 6.47. The number of nitrogens with one attached hydrogen (secondary N) is 1. The second-order valence-corrected chi connectivity index (χ2v) is 7.99. The van der Waals surface area contributed by atoms with E-state index in [1.807, 2.05) is 6.92 Å². The van der Waals surface area contributed by atoms with Crippen LogP contribution in [0.4, 0.5) is 0 Å². The molecule has 4 rings (SSSR count). The Labute approximate surface area is 142 Å². The van der Waals surface area contributed by atoms with Crippen molar-refractivity contribution in [1.82, 2.24) is 15.5 Å². The summed E-state index contributed by atoms with van der Waals surface area (Å²) < 4.78 is 5.42. The van der Waals surface area contributed by atoms with E-state index >= 15 is 0 Å². The van der Waals surface area contributed by atoms with Crippen molar-refractivity contribution in [2.24, 2.45) is 23.5 Å². The standard InChI is InChI=1S/C18H28N4O2/c1-10(18-21-16(22-24-18)11-5-3-2-4-6-11)20-17(23)14-12-7-8-13(9-12)15(14)19/h10-15H,2-9,19H2,1H3,(H,20,23). The van der Waals surface area contributed by atoms with Crippen molar-refractivity contribution >= 4 is 5.91 Å². The van der Waals surface area contributed by atoms with Crippen molar-refractivity contribution in [3.8, 4) is 0 Å². The summed E-state index contributed by atoms with van der Waals surface area (Å²) in [4.78, 5) is 17.2. The molecular weight excluding hydrogens is 304 g/mol. The quantitative estimate of drug-likeness (QED) is 0.884. The van der Waals surface area contributed by atoms with Crippen molar-refractivity contribution in [3.05, 3.63) is 11.7 Å². The van der Waals surface area contributed by atoms with Gasteiger partial charge in [-0.25, -0.2) is 0 Å². The fourth-order valence-electron chi connectivity index (χ4n) is 5.05. The first-order chi connectivity index (χ1) is 11.6. The van der Waals surface area contributed by atoms with E-state index in [1.54, 1.807) is 0 Å². The molecule has 0 aliphatic heterocycles. The van der Waals surface area contributed by atoms with Crippen molar-refractivity contribution in [2.75, 3.05) is 0 Å². The van der Waals surface area contributed by atoms with Gasteiger partial charge in [0.2, 0.25) is 11.8 Å². The van der Waals surface area contributed by atoms with Crippen LogP contribution in [-0.4, -0.2) is 22.1 Å². The van der Waals surface area contributed by atoms with Gasteiger partial charge in [0.05, 0.1) is 5.92 Å². The Balaban J connectivity index is 1.38. The Bertz CT molecular complexity index is 594. The molecule has 0 radical (unpaired) electrons. The van der Waals surface area contributed by atoms with Crippen molar-refractivity contribution in [2.45, 2.75) is 76.3 Å². The Morgan fingerprint density at radius 1 is 1.21 bits per heavy atom. The highest BCUT2D eigenvalue weighted by Crippen LogP contribution is 2.47. The van der Waals surface area contributed by atoms with Crippen molar-refractivity contribution in [3.63, 3.8) is 0 Å². The second-order valence-electron chi connectivity index (χ2n) is 7.99. The van der Waals surface area contributed by atoms with Gasteiger partial charge in [0, 0.05) is 12.0 Å². The SMILES string of the molecule is CC(NC(=O)C1C2CCC(C2)C1N)c1nc(C2CCCCC2)no1. The van der Waals surface area contributed by atoms with Gasteiger partial charge in [-0.1, -0.05) is 24.4 Å². The molecule has 3 saturated carbocycles. The van der Waals surface area contributed by atoms with Crippen molar-refractivity contribution in [1.29, 1.82) is 0 Å². The predicted octanol–water partition coefficient (Wildman–Crippen LogP) is 2.67. The minimum atomic E-state index is -0.256.